The van der Waals surface area contributed by atoms with Crippen LogP contribution in [0.3, 0.4) is 0 Å². The first-order chi connectivity index (χ1) is 13.3. The van der Waals surface area contributed by atoms with Gasteiger partial charge in [0.1, 0.15) is 11.5 Å². The van der Waals surface area contributed by atoms with Crippen molar-refractivity contribution in [3.63, 3.8) is 0 Å². The molecule has 1 aliphatic carbocycles. The summed E-state index contributed by atoms with van der Waals surface area (Å²) in [6.07, 6.45) is 6.11. The van der Waals surface area contributed by atoms with Crippen LogP contribution in [0, 0.1) is 5.92 Å². The molecule has 142 valence electrons. The Hall–Kier alpha value is -2.33. The van der Waals surface area contributed by atoms with Crippen LogP contribution >= 0.6 is 0 Å². The minimum absolute atomic E-state index is 0.0591. The fourth-order valence-electron chi connectivity index (χ4n) is 4.35. The smallest absolute Gasteiger partial charge is 0.232 e. The molecule has 0 spiro atoms. The zero-order chi connectivity index (χ0) is 18.6. The summed E-state index contributed by atoms with van der Waals surface area (Å²) in [5, 5.41) is 3.18. The van der Waals surface area contributed by atoms with E-state index in [4.69, 9.17) is 9.47 Å². The van der Waals surface area contributed by atoms with E-state index in [0.717, 1.165) is 48.4 Å². The Morgan fingerprint density at radius 3 is 2.19 bits per heavy atom. The van der Waals surface area contributed by atoms with Crippen molar-refractivity contribution in [2.75, 3.05) is 13.7 Å². The van der Waals surface area contributed by atoms with Crippen molar-refractivity contribution in [3.05, 3.63) is 59.7 Å². The number of nitrogens with one attached hydrogen (secondary N) is 1. The van der Waals surface area contributed by atoms with Gasteiger partial charge in [-0.1, -0.05) is 36.4 Å². The molecule has 0 atom stereocenters. The maximum Gasteiger partial charge on any atom is 0.232 e. The van der Waals surface area contributed by atoms with Crippen molar-refractivity contribution >= 4 is 5.91 Å². The Balaban J connectivity index is 1.42. The predicted molar refractivity (Wildman–Crippen MR) is 105 cm³/mol. The molecule has 1 fully saturated rings. The lowest BCUT2D eigenvalue weighted by molar-refractivity contribution is -0.121. The number of fused-ring (bicyclic) bond motifs is 2. The van der Waals surface area contributed by atoms with Crippen molar-refractivity contribution in [1.29, 1.82) is 0 Å². The van der Waals surface area contributed by atoms with Crippen LogP contribution in [-0.4, -0.2) is 25.7 Å². The molecule has 0 saturated heterocycles. The van der Waals surface area contributed by atoms with Gasteiger partial charge >= 0.3 is 0 Å². The number of benzene rings is 2. The first-order valence-electron chi connectivity index (χ1n) is 9.92. The van der Waals surface area contributed by atoms with Gasteiger partial charge in [-0.2, -0.15) is 0 Å². The molecule has 2 aliphatic rings. The van der Waals surface area contributed by atoms with E-state index in [0.29, 0.717) is 12.0 Å². The molecule has 2 aromatic carbocycles. The minimum atomic E-state index is -0.310. The second-order valence-corrected chi connectivity index (χ2v) is 7.57. The molecule has 1 saturated carbocycles. The van der Waals surface area contributed by atoms with Crippen molar-refractivity contribution in [2.45, 2.75) is 44.1 Å². The summed E-state index contributed by atoms with van der Waals surface area (Å²) in [6, 6.07) is 15.6. The molecule has 0 aromatic heterocycles. The van der Waals surface area contributed by atoms with E-state index in [9.17, 15) is 4.79 Å². The number of hydrogen-bond acceptors (Lipinski definition) is 3. The van der Waals surface area contributed by atoms with Crippen LogP contribution in [0.2, 0.25) is 0 Å². The van der Waals surface area contributed by atoms with E-state index in [2.05, 4.69) is 5.32 Å². The maximum absolute atomic E-state index is 13.1. The van der Waals surface area contributed by atoms with E-state index in [-0.39, 0.29) is 11.8 Å². The third kappa shape index (κ3) is 3.86. The lowest BCUT2D eigenvalue weighted by atomic mass is 9.85. The standard InChI is InChI=1S/C23H27NO3/c1-26-17-12-10-16(11-13-17)14-15-24-23(25)22-18-6-2-4-8-20(18)27-21-9-5-3-7-19(21)22/h2-9,16-17,22H,10-15H2,1H3,(H,24,25). The quantitative estimate of drug-likeness (QED) is 0.840. The molecule has 1 aliphatic heterocycles. The Bertz CT molecular complexity index is 750. The second kappa shape index (κ2) is 8.13. The lowest BCUT2D eigenvalue weighted by Gasteiger charge is -2.29. The fourth-order valence-corrected chi connectivity index (χ4v) is 4.35. The average Bonchev–Trinajstić information content (AvgIpc) is 2.72. The molecule has 27 heavy (non-hydrogen) atoms. The summed E-state index contributed by atoms with van der Waals surface area (Å²) >= 11 is 0. The number of methoxy groups -OCH3 is 1. The number of ether oxygens (including phenoxy) is 2. The molecular weight excluding hydrogens is 338 g/mol. The molecule has 0 unspecified atom stereocenters. The van der Waals surface area contributed by atoms with Crippen LogP contribution in [0.5, 0.6) is 11.5 Å². The van der Waals surface area contributed by atoms with E-state index in [1.54, 1.807) is 7.11 Å². The van der Waals surface area contributed by atoms with E-state index >= 15 is 0 Å². The molecule has 0 radical (unpaired) electrons. The van der Waals surface area contributed by atoms with E-state index in [1.807, 2.05) is 48.5 Å². The average molecular weight is 365 g/mol. The third-order valence-corrected chi connectivity index (χ3v) is 5.92. The van der Waals surface area contributed by atoms with Gasteiger partial charge in [-0.05, 0) is 50.2 Å². The van der Waals surface area contributed by atoms with Gasteiger partial charge in [0, 0.05) is 24.8 Å². The lowest BCUT2D eigenvalue weighted by Crippen LogP contribution is -2.33. The van der Waals surface area contributed by atoms with Gasteiger partial charge in [0.2, 0.25) is 5.91 Å². The number of carbonyl (C=O) groups is 1. The van der Waals surface area contributed by atoms with Gasteiger partial charge in [0.05, 0.1) is 12.0 Å². The monoisotopic (exact) mass is 365 g/mol. The Labute approximate surface area is 160 Å². The van der Waals surface area contributed by atoms with Crippen LogP contribution in [0.1, 0.15) is 49.1 Å². The van der Waals surface area contributed by atoms with Crippen LogP contribution in [0.4, 0.5) is 0 Å². The maximum atomic E-state index is 13.1. The van der Waals surface area contributed by atoms with Gasteiger partial charge in [-0.15, -0.1) is 0 Å². The molecule has 0 bridgehead atoms. The summed E-state index contributed by atoms with van der Waals surface area (Å²) < 4.78 is 11.4. The Kier molecular flexibility index (Phi) is 5.44. The van der Waals surface area contributed by atoms with Crippen molar-refractivity contribution < 1.29 is 14.3 Å². The molecular formula is C23H27NO3. The molecule has 1 amide bonds. The highest BCUT2D eigenvalue weighted by molar-refractivity contribution is 5.89. The number of rotatable bonds is 5. The third-order valence-electron chi connectivity index (χ3n) is 5.92. The topological polar surface area (TPSA) is 47.6 Å². The highest BCUT2D eigenvalue weighted by Crippen LogP contribution is 2.43. The van der Waals surface area contributed by atoms with Crippen molar-refractivity contribution in [1.82, 2.24) is 5.32 Å². The highest BCUT2D eigenvalue weighted by Gasteiger charge is 2.32. The van der Waals surface area contributed by atoms with Gasteiger partial charge in [-0.25, -0.2) is 0 Å². The fraction of sp³-hybridized carbons (Fsp3) is 0.435. The van der Waals surface area contributed by atoms with Gasteiger partial charge in [-0.3, -0.25) is 4.79 Å². The van der Waals surface area contributed by atoms with Crippen molar-refractivity contribution in [3.8, 4) is 11.5 Å². The first kappa shape index (κ1) is 18.1. The summed E-state index contributed by atoms with van der Waals surface area (Å²) in [4.78, 5) is 13.1. The largest absolute Gasteiger partial charge is 0.457 e. The van der Waals surface area contributed by atoms with Crippen molar-refractivity contribution in [2.24, 2.45) is 5.92 Å². The van der Waals surface area contributed by atoms with Crippen LogP contribution < -0.4 is 10.1 Å². The number of amides is 1. The zero-order valence-electron chi connectivity index (χ0n) is 15.8. The van der Waals surface area contributed by atoms with E-state index in [1.165, 1.54) is 12.8 Å². The molecule has 1 N–H and O–H groups in total. The summed E-state index contributed by atoms with van der Waals surface area (Å²) in [6.45, 7) is 0.725. The van der Waals surface area contributed by atoms with Crippen LogP contribution in [0.25, 0.3) is 0 Å². The van der Waals surface area contributed by atoms with Crippen LogP contribution in [-0.2, 0) is 9.53 Å². The predicted octanol–water partition coefficient (Wildman–Crippen LogP) is 4.64. The summed E-state index contributed by atoms with van der Waals surface area (Å²) in [7, 11) is 1.80. The number of para-hydroxylation sites is 2. The molecule has 4 heteroatoms. The van der Waals surface area contributed by atoms with Crippen LogP contribution in [0.15, 0.2) is 48.5 Å². The normalized spacial score (nSPS) is 21.7. The molecule has 4 nitrogen and oxygen atoms in total. The summed E-state index contributed by atoms with van der Waals surface area (Å²) in [5.41, 5.74) is 1.88. The second-order valence-electron chi connectivity index (χ2n) is 7.57. The zero-order valence-corrected chi connectivity index (χ0v) is 15.8. The first-order valence-corrected chi connectivity index (χ1v) is 9.92. The molecule has 4 rings (SSSR count). The van der Waals surface area contributed by atoms with E-state index < -0.39 is 0 Å². The Morgan fingerprint density at radius 1 is 1.00 bits per heavy atom. The number of carbonyl (C=O) groups excluding carboxylic acids is 1. The number of hydrogen-bond donors (Lipinski definition) is 1. The molecule has 2 aromatic rings. The molecule has 1 heterocycles. The van der Waals surface area contributed by atoms with Gasteiger partial charge in [0.15, 0.2) is 0 Å². The Morgan fingerprint density at radius 2 is 1.59 bits per heavy atom. The SMILES string of the molecule is COC1CCC(CCNC(=O)C2c3ccccc3Oc3ccccc32)CC1. The summed E-state index contributed by atoms with van der Waals surface area (Å²) in [5.74, 6) is 1.98. The highest BCUT2D eigenvalue weighted by atomic mass is 16.5. The van der Waals surface area contributed by atoms with Gasteiger partial charge in [0.25, 0.3) is 0 Å². The minimum Gasteiger partial charge on any atom is -0.457 e. The van der Waals surface area contributed by atoms with Gasteiger partial charge < -0.3 is 14.8 Å².